The van der Waals surface area contributed by atoms with Crippen molar-refractivity contribution in [2.24, 2.45) is 0 Å². The van der Waals surface area contributed by atoms with Crippen molar-refractivity contribution < 1.29 is 13.9 Å². The quantitative estimate of drug-likeness (QED) is 0.920. The molecule has 1 aliphatic heterocycles. The van der Waals surface area contributed by atoms with Gasteiger partial charge in [0.05, 0.1) is 23.7 Å². The van der Waals surface area contributed by atoms with Crippen LogP contribution in [0.25, 0.3) is 5.70 Å². The third-order valence-electron chi connectivity index (χ3n) is 3.41. The molecule has 0 unspecified atom stereocenters. The maximum absolute atomic E-state index is 13.1. The van der Waals surface area contributed by atoms with Crippen LogP contribution in [0, 0.1) is 5.82 Å². The summed E-state index contributed by atoms with van der Waals surface area (Å²) in [5.41, 5.74) is 2.52. The molecule has 2 amide bonds. The molecule has 1 N–H and O–H groups in total. The molecule has 0 fully saturated rings. The van der Waals surface area contributed by atoms with Crippen molar-refractivity contribution in [1.29, 1.82) is 0 Å². The maximum Gasteiger partial charge on any atom is 0.330 e. The smallest absolute Gasteiger partial charge is 0.330 e. The van der Waals surface area contributed by atoms with E-state index in [-0.39, 0.29) is 11.8 Å². The van der Waals surface area contributed by atoms with Crippen LogP contribution >= 0.6 is 0 Å². The lowest BCUT2D eigenvalue weighted by Crippen LogP contribution is -2.37. The molecule has 1 aliphatic rings. The van der Waals surface area contributed by atoms with E-state index in [9.17, 15) is 9.18 Å². The summed E-state index contributed by atoms with van der Waals surface area (Å²) < 4.78 is 18.5. The summed E-state index contributed by atoms with van der Waals surface area (Å²) in [4.78, 5) is 13.7. The van der Waals surface area contributed by atoms with Gasteiger partial charge < -0.3 is 10.1 Å². The van der Waals surface area contributed by atoms with Gasteiger partial charge in [0.15, 0.2) is 0 Å². The van der Waals surface area contributed by atoms with E-state index in [1.165, 1.54) is 29.2 Å². The van der Waals surface area contributed by atoms with E-state index in [0.29, 0.717) is 29.4 Å². The van der Waals surface area contributed by atoms with Crippen LogP contribution in [0.15, 0.2) is 49.0 Å². The van der Waals surface area contributed by atoms with Gasteiger partial charge in [-0.25, -0.2) is 9.18 Å². The van der Waals surface area contributed by atoms with Gasteiger partial charge in [0.2, 0.25) is 0 Å². The van der Waals surface area contributed by atoms with Gasteiger partial charge in [-0.05, 0) is 49.4 Å². The second kappa shape index (κ2) is 5.52. The molecule has 5 heteroatoms. The van der Waals surface area contributed by atoms with Crippen LogP contribution in [0.1, 0.15) is 12.5 Å². The predicted octanol–water partition coefficient (Wildman–Crippen LogP) is 4.25. The van der Waals surface area contributed by atoms with Crippen molar-refractivity contribution in [1.82, 2.24) is 0 Å². The number of hydrogen-bond acceptors (Lipinski definition) is 2. The fourth-order valence-electron chi connectivity index (χ4n) is 2.40. The fourth-order valence-corrected chi connectivity index (χ4v) is 2.40. The number of carbonyl (C=O) groups excluding carboxylic acids is 1. The predicted molar refractivity (Wildman–Crippen MR) is 84.5 cm³/mol. The number of amides is 2. The third kappa shape index (κ3) is 2.41. The molecular formula is C17H15FN2O2. The van der Waals surface area contributed by atoms with E-state index < -0.39 is 0 Å². The summed E-state index contributed by atoms with van der Waals surface area (Å²) in [6.45, 7) is 6.46. The molecule has 0 saturated heterocycles. The number of carbonyl (C=O) groups is 1. The number of anilines is 2. The number of urea groups is 1. The number of ether oxygens (including phenoxy) is 1. The lowest BCUT2D eigenvalue weighted by atomic mass is 10.1. The monoisotopic (exact) mass is 298 g/mol. The van der Waals surface area contributed by atoms with Gasteiger partial charge in [-0.2, -0.15) is 0 Å². The molecule has 2 aromatic rings. The number of hydrogen-bond donors (Lipinski definition) is 1. The lowest BCUT2D eigenvalue weighted by molar-refractivity contribution is 0.258. The number of halogens is 1. The zero-order valence-electron chi connectivity index (χ0n) is 12.1. The van der Waals surface area contributed by atoms with E-state index in [1.54, 1.807) is 12.1 Å². The van der Waals surface area contributed by atoms with Crippen LogP contribution in [0.5, 0.6) is 5.75 Å². The van der Waals surface area contributed by atoms with Gasteiger partial charge >= 0.3 is 6.03 Å². The molecule has 0 aromatic heterocycles. The standard InChI is InChI=1S/C17H15FN2O2/c1-3-22-14-8-9-16-15(10-14)11(2)20(17(21)19-16)13-6-4-12(18)5-7-13/h4-10H,2-3H2,1H3,(H,19,21). The second-order valence-corrected chi connectivity index (χ2v) is 4.83. The van der Waals surface area contributed by atoms with Crippen molar-refractivity contribution >= 4 is 23.1 Å². The minimum Gasteiger partial charge on any atom is -0.494 e. The summed E-state index contributed by atoms with van der Waals surface area (Å²) in [7, 11) is 0. The molecule has 4 nitrogen and oxygen atoms in total. The largest absolute Gasteiger partial charge is 0.494 e. The van der Waals surface area contributed by atoms with Gasteiger partial charge in [-0.1, -0.05) is 6.58 Å². The Morgan fingerprint density at radius 2 is 1.95 bits per heavy atom. The molecule has 1 heterocycles. The molecule has 0 radical (unpaired) electrons. The summed E-state index contributed by atoms with van der Waals surface area (Å²) in [5, 5.41) is 2.80. The van der Waals surface area contributed by atoms with Gasteiger partial charge in [0.1, 0.15) is 11.6 Å². The minimum atomic E-state index is -0.356. The third-order valence-corrected chi connectivity index (χ3v) is 3.41. The van der Waals surface area contributed by atoms with Gasteiger partial charge in [0.25, 0.3) is 0 Å². The normalized spacial score (nSPS) is 13.6. The Balaban J connectivity index is 2.01. The highest BCUT2D eigenvalue weighted by Crippen LogP contribution is 2.36. The number of fused-ring (bicyclic) bond motifs is 1. The van der Waals surface area contributed by atoms with Crippen LogP contribution in [-0.2, 0) is 0 Å². The van der Waals surface area contributed by atoms with Crippen LogP contribution in [-0.4, -0.2) is 12.6 Å². The van der Waals surface area contributed by atoms with Crippen LogP contribution in [0.2, 0.25) is 0 Å². The molecule has 0 atom stereocenters. The zero-order valence-corrected chi connectivity index (χ0v) is 12.1. The Kier molecular flexibility index (Phi) is 3.55. The Labute approximate surface area is 127 Å². The molecule has 0 aliphatic carbocycles. The van der Waals surface area contributed by atoms with E-state index in [0.717, 1.165) is 5.56 Å². The first-order chi connectivity index (χ1) is 10.6. The van der Waals surface area contributed by atoms with E-state index in [1.807, 2.05) is 13.0 Å². The fraction of sp³-hybridized carbons (Fsp3) is 0.118. The topological polar surface area (TPSA) is 41.6 Å². The Bertz CT molecular complexity index is 741. The summed E-state index contributed by atoms with van der Waals surface area (Å²) >= 11 is 0. The average Bonchev–Trinajstić information content (AvgIpc) is 2.50. The Morgan fingerprint density at radius 3 is 2.64 bits per heavy atom. The summed E-state index contributed by atoms with van der Waals surface area (Å²) in [5.74, 6) is 0.350. The maximum atomic E-state index is 13.1. The first kappa shape index (κ1) is 14.1. The molecule has 0 saturated carbocycles. The first-order valence-electron chi connectivity index (χ1n) is 6.93. The Morgan fingerprint density at radius 1 is 1.23 bits per heavy atom. The molecule has 112 valence electrons. The van der Waals surface area contributed by atoms with Crippen molar-refractivity contribution in [3.63, 3.8) is 0 Å². The van der Waals surface area contributed by atoms with Gasteiger partial charge in [-0.15, -0.1) is 0 Å². The summed E-state index contributed by atoms with van der Waals surface area (Å²) in [6, 6.07) is 10.8. The minimum absolute atomic E-state index is 0.326. The van der Waals surface area contributed by atoms with Crippen molar-refractivity contribution in [3.05, 3.63) is 60.4 Å². The average molecular weight is 298 g/mol. The molecule has 0 bridgehead atoms. The highest BCUT2D eigenvalue weighted by molar-refractivity contribution is 6.16. The molecular weight excluding hydrogens is 283 g/mol. The van der Waals surface area contributed by atoms with E-state index >= 15 is 0 Å². The van der Waals surface area contributed by atoms with Crippen molar-refractivity contribution in [2.45, 2.75) is 6.92 Å². The number of nitrogens with one attached hydrogen (secondary N) is 1. The SMILES string of the molecule is C=C1c2cc(OCC)ccc2NC(=O)N1c1ccc(F)cc1. The summed E-state index contributed by atoms with van der Waals surface area (Å²) in [6.07, 6.45) is 0. The first-order valence-corrected chi connectivity index (χ1v) is 6.93. The molecule has 3 rings (SSSR count). The van der Waals surface area contributed by atoms with Crippen LogP contribution < -0.4 is 15.0 Å². The van der Waals surface area contributed by atoms with Crippen molar-refractivity contribution in [2.75, 3.05) is 16.8 Å². The van der Waals surface area contributed by atoms with E-state index in [2.05, 4.69) is 11.9 Å². The molecule has 2 aromatic carbocycles. The van der Waals surface area contributed by atoms with E-state index in [4.69, 9.17) is 4.74 Å². The van der Waals surface area contributed by atoms with Gasteiger partial charge in [0, 0.05) is 5.56 Å². The van der Waals surface area contributed by atoms with Gasteiger partial charge in [-0.3, -0.25) is 4.90 Å². The number of benzene rings is 2. The molecule has 0 spiro atoms. The lowest BCUT2D eigenvalue weighted by Gasteiger charge is -2.31. The number of nitrogens with zero attached hydrogens (tertiary/aromatic N) is 1. The highest BCUT2D eigenvalue weighted by atomic mass is 19.1. The number of rotatable bonds is 3. The zero-order chi connectivity index (χ0) is 15.7. The molecule has 22 heavy (non-hydrogen) atoms. The second-order valence-electron chi connectivity index (χ2n) is 4.83. The van der Waals surface area contributed by atoms with Crippen LogP contribution in [0.4, 0.5) is 20.6 Å². The Hall–Kier alpha value is -2.82. The van der Waals surface area contributed by atoms with Crippen molar-refractivity contribution in [3.8, 4) is 5.75 Å². The van der Waals surface area contributed by atoms with Crippen LogP contribution in [0.3, 0.4) is 0 Å². The highest BCUT2D eigenvalue weighted by Gasteiger charge is 2.28.